The molecule has 0 saturated heterocycles. The van der Waals surface area contributed by atoms with Crippen molar-refractivity contribution in [3.63, 3.8) is 0 Å². The standard InChI is InChI=1S/C71H122O6/c1-4-7-10-13-16-19-22-25-28-30-32-34-35-37-38-40-43-46-49-52-55-58-61-64-70(73)76-67-68(66-75-69(72)63-60-57-54-51-48-45-42-27-24-21-18-15-12-9-6-3)77-71(74)65-62-59-56-53-50-47-44-41-39-36-33-31-29-26-23-20-17-14-11-8-5-2/h9,12,18,21-23,25-27,30-33,35,37,42,68H,4-8,10-11,13-17,19-20,24,28-29,34,36,38-41,43-67H2,1-3H3/b12-9-,21-18-,25-22-,26-23-,32-30-,33-31-,37-35-,42-27-. The van der Waals surface area contributed by atoms with E-state index in [-0.39, 0.29) is 31.1 Å². The summed E-state index contributed by atoms with van der Waals surface area (Å²) < 4.78 is 16.9. The van der Waals surface area contributed by atoms with Gasteiger partial charge in [-0.05, 0) is 122 Å². The van der Waals surface area contributed by atoms with Gasteiger partial charge in [0.15, 0.2) is 6.10 Å². The first-order valence-corrected chi connectivity index (χ1v) is 32.7. The number of unbranched alkanes of at least 4 members (excludes halogenated alkanes) is 32. The minimum atomic E-state index is -0.793. The SMILES string of the molecule is CC/C=C\C/C=C\C/C=C\CCCCCCCC(=O)OCC(COC(=O)CCCCCCCCCC/C=C\C/C=C\C/C=C\CCCCCCC)OC(=O)CCCCCCCCCCC/C=C\C/C=C\CCCCCCC. The highest BCUT2D eigenvalue weighted by molar-refractivity contribution is 5.71. The van der Waals surface area contributed by atoms with Crippen LogP contribution in [0, 0.1) is 0 Å². The van der Waals surface area contributed by atoms with Gasteiger partial charge in [-0.1, -0.05) is 272 Å². The molecule has 0 aromatic heterocycles. The maximum atomic E-state index is 12.9. The van der Waals surface area contributed by atoms with Gasteiger partial charge in [-0.25, -0.2) is 0 Å². The molecule has 0 N–H and O–H groups in total. The van der Waals surface area contributed by atoms with Crippen LogP contribution in [-0.4, -0.2) is 37.2 Å². The van der Waals surface area contributed by atoms with Gasteiger partial charge in [0.05, 0.1) is 0 Å². The summed E-state index contributed by atoms with van der Waals surface area (Å²) in [6.45, 7) is 6.51. The number of allylic oxidation sites excluding steroid dienone is 16. The summed E-state index contributed by atoms with van der Waals surface area (Å²) in [5.74, 6) is -0.907. The van der Waals surface area contributed by atoms with Gasteiger partial charge in [0, 0.05) is 19.3 Å². The minimum absolute atomic E-state index is 0.0886. The Balaban J connectivity index is 4.39. The Morgan fingerprint density at radius 1 is 0.273 bits per heavy atom. The zero-order chi connectivity index (χ0) is 55.7. The van der Waals surface area contributed by atoms with Crippen LogP contribution in [0.5, 0.6) is 0 Å². The molecule has 6 heteroatoms. The number of carbonyl (C=O) groups excluding carboxylic acids is 3. The zero-order valence-electron chi connectivity index (χ0n) is 50.7. The van der Waals surface area contributed by atoms with Gasteiger partial charge in [0.1, 0.15) is 13.2 Å². The maximum absolute atomic E-state index is 12.9. The lowest BCUT2D eigenvalue weighted by Gasteiger charge is -2.18. The van der Waals surface area contributed by atoms with E-state index < -0.39 is 6.10 Å². The van der Waals surface area contributed by atoms with Crippen LogP contribution in [0.25, 0.3) is 0 Å². The maximum Gasteiger partial charge on any atom is 0.306 e. The Kier molecular flexibility index (Phi) is 61.8. The molecule has 0 aliphatic heterocycles. The quantitative estimate of drug-likeness (QED) is 0.0261. The molecule has 6 nitrogen and oxygen atoms in total. The monoisotopic (exact) mass is 1070 g/mol. The molecule has 442 valence electrons. The lowest BCUT2D eigenvalue weighted by molar-refractivity contribution is -0.167. The molecule has 0 amide bonds. The van der Waals surface area contributed by atoms with Crippen LogP contribution in [0.1, 0.15) is 316 Å². The fourth-order valence-corrected chi connectivity index (χ4v) is 9.14. The van der Waals surface area contributed by atoms with E-state index in [4.69, 9.17) is 14.2 Å². The summed E-state index contributed by atoms with van der Waals surface area (Å²) >= 11 is 0. The van der Waals surface area contributed by atoms with Crippen LogP contribution < -0.4 is 0 Å². The van der Waals surface area contributed by atoms with Crippen molar-refractivity contribution in [2.24, 2.45) is 0 Å². The third kappa shape index (κ3) is 63.0. The summed E-state index contributed by atoms with van der Waals surface area (Å²) in [5, 5.41) is 0. The minimum Gasteiger partial charge on any atom is -0.462 e. The number of rotatable bonds is 59. The first-order valence-electron chi connectivity index (χ1n) is 32.7. The molecule has 0 radical (unpaired) electrons. The average molecular weight is 1070 g/mol. The van der Waals surface area contributed by atoms with E-state index in [1.807, 2.05) is 0 Å². The molecule has 0 bridgehead atoms. The Bertz CT molecular complexity index is 1510. The van der Waals surface area contributed by atoms with E-state index in [0.29, 0.717) is 19.3 Å². The van der Waals surface area contributed by atoms with Crippen molar-refractivity contribution in [1.29, 1.82) is 0 Å². The van der Waals surface area contributed by atoms with Crippen LogP contribution in [-0.2, 0) is 28.6 Å². The van der Waals surface area contributed by atoms with E-state index in [9.17, 15) is 14.4 Å². The van der Waals surface area contributed by atoms with Crippen LogP contribution >= 0.6 is 0 Å². The second kappa shape index (κ2) is 64.9. The Morgan fingerprint density at radius 3 is 0.792 bits per heavy atom. The number of ether oxygens (including phenoxy) is 3. The largest absolute Gasteiger partial charge is 0.462 e. The number of esters is 3. The van der Waals surface area contributed by atoms with E-state index in [1.165, 1.54) is 154 Å². The predicted molar refractivity (Wildman–Crippen MR) is 334 cm³/mol. The molecule has 77 heavy (non-hydrogen) atoms. The van der Waals surface area contributed by atoms with Crippen molar-refractivity contribution >= 4 is 17.9 Å². The molecular formula is C71H122O6. The Morgan fingerprint density at radius 2 is 0.506 bits per heavy atom. The Labute approximate surface area is 477 Å². The predicted octanol–water partition coefficient (Wildman–Crippen LogP) is 22.4. The van der Waals surface area contributed by atoms with Crippen molar-refractivity contribution in [1.82, 2.24) is 0 Å². The van der Waals surface area contributed by atoms with Gasteiger partial charge < -0.3 is 14.2 Å². The fraction of sp³-hybridized carbons (Fsp3) is 0.732. The van der Waals surface area contributed by atoms with Crippen molar-refractivity contribution in [3.8, 4) is 0 Å². The molecule has 1 atom stereocenters. The first kappa shape index (κ1) is 73.3. The van der Waals surface area contributed by atoms with Crippen LogP contribution in [0.15, 0.2) is 97.2 Å². The summed E-state index contributed by atoms with van der Waals surface area (Å²) in [5.41, 5.74) is 0. The first-order chi connectivity index (χ1) is 38.0. The fourth-order valence-electron chi connectivity index (χ4n) is 9.14. The lowest BCUT2D eigenvalue weighted by Crippen LogP contribution is -2.30. The van der Waals surface area contributed by atoms with Gasteiger partial charge in [0.25, 0.3) is 0 Å². The lowest BCUT2D eigenvalue weighted by atomic mass is 10.1. The van der Waals surface area contributed by atoms with Gasteiger partial charge in [-0.15, -0.1) is 0 Å². The zero-order valence-corrected chi connectivity index (χ0v) is 50.7. The molecule has 0 saturated carbocycles. The second-order valence-corrected chi connectivity index (χ2v) is 21.6. The van der Waals surface area contributed by atoms with Crippen LogP contribution in [0.4, 0.5) is 0 Å². The molecular weight excluding hydrogens is 949 g/mol. The van der Waals surface area contributed by atoms with Crippen molar-refractivity contribution < 1.29 is 28.6 Å². The summed E-state index contributed by atoms with van der Waals surface area (Å²) in [6.07, 6.45) is 86.9. The van der Waals surface area contributed by atoms with E-state index in [0.717, 1.165) is 122 Å². The van der Waals surface area contributed by atoms with Gasteiger partial charge in [-0.3, -0.25) is 14.4 Å². The number of hydrogen-bond donors (Lipinski definition) is 0. The molecule has 0 spiro atoms. The van der Waals surface area contributed by atoms with Crippen molar-refractivity contribution in [2.45, 2.75) is 322 Å². The molecule has 0 aromatic carbocycles. The van der Waals surface area contributed by atoms with E-state index in [1.54, 1.807) is 0 Å². The number of carbonyl (C=O) groups is 3. The average Bonchev–Trinajstić information content (AvgIpc) is 3.43. The topological polar surface area (TPSA) is 78.9 Å². The molecule has 0 aliphatic carbocycles. The molecule has 0 aliphatic rings. The van der Waals surface area contributed by atoms with Crippen molar-refractivity contribution in [2.75, 3.05) is 13.2 Å². The van der Waals surface area contributed by atoms with Crippen LogP contribution in [0.2, 0.25) is 0 Å². The normalized spacial score (nSPS) is 12.7. The van der Waals surface area contributed by atoms with Gasteiger partial charge in [-0.2, -0.15) is 0 Å². The molecule has 0 fully saturated rings. The second-order valence-electron chi connectivity index (χ2n) is 21.6. The van der Waals surface area contributed by atoms with Crippen LogP contribution in [0.3, 0.4) is 0 Å². The molecule has 0 aromatic rings. The summed E-state index contributed by atoms with van der Waals surface area (Å²) in [4.78, 5) is 38.4. The van der Waals surface area contributed by atoms with E-state index >= 15 is 0 Å². The summed E-state index contributed by atoms with van der Waals surface area (Å²) in [6, 6.07) is 0. The summed E-state index contributed by atoms with van der Waals surface area (Å²) in [7, 11) is 0. The van der Waals surface area contributed by atoms with Gasteiger partial charge >= 0.3 is 17.9 Å². The molecule has 0 heterocycles. The third-order valence-electron chi connectivity index (χ3n) is 14.0. The van der Waals surface area contributed by atoms with Crippen molar-refractivity contribution in [3.05, 3.63) is 97.2 Å². The number of hydrogen-bond acceptors (Lipinski definition) is 6. The Hall–Kier alpha value is -3.67. The highest BCUT2D eigenvalue weighted by atomic mass is 16.6. The molecule has 1 unspecified atom stereocenters. The smallest absolute Gasteiger partial charge is 0.306 e. The van der Waals surface area contributed by atoms with Gasteiger partial charge in [0.2, 0.25) is 0 Å². The van der Waals surface area contributed by atoms with E-state index in [2.05, 4.69) is 118 Å². The highest BCUT2D eigenvalue weighted by Gasteiger charge is 2.19. The highest BCUT2D eigenvalue weighted by Crippen LogP contribution is 2.16. The molecule has 0 rings (SSSR count). The third-order valence-corrected chi connectivity index (χ3v) is 14.0.